The smallest absolute Gasteiger partial charge is 0.339 e. The molecule has 138 valence electrons. The molecule has 28 heavy (non-hydrogen) atoms. The second-order valence-electron chi connectivity index (χ2n) is 6.05. The Hall–Kier alpha value is -3.84. The molecule has 0 bridgehead atoms. The normalized spacial score (nSPS) is 10.8. The second kappa shape index (κ2) is 9.20. The van der Waals surface area contributed by atoms with Crippen LogP contribution < -0.4 is 4.74 Å². The summed E-state index contributed by atoms with van der Waals surface area (Å²) >= 11 is 0. The summed E-state index contributed by atoms with van der Waals surface area (Å²) in [6.45, 7) is 0.0877. The first-order valence-corrected chi connectivity index (χ1v) is 8.77. The van der Waals surface area contributed by atoms with Crippen LogP contribution in [0.5, 0.6) is 5.75 Å². The van der Waals surface area contributed by atoms with E-state index in [0.717, 1.165) is 16.7 Å². The highest BCUT2D eigenvalue weighted by Crippen LogP contribution is 2.25. The minimum Gasteiger partial charge on any atom is -0.496 e. The molecule has 0 fully saturated rings. The highest BCUT2D eigenvalue weighted by atomic mass is 16.5. The summed E-state index contributed by atoms with van der Waals surface area (Å²) in [5, 5.41) is 9.01. The van der Waals surface area contributed by atoms with E-state index < -0.39 is 5.97 Å². The molecule has 0 amide bonds. The number of rotatable bonds is 6. The lowest BCUT2D eigenvalue weighted by Gasteiger charge is -2.11. The van der Waals surface area contributed by atoms with Crippen LogP contribution in [0.2, 0.25) is 0 Å². The fourth-order valence-electron chi connectivity index (χ4n) is 2.78. The number of esters is 1. The van der Waals surface area contributed by atoms with E-state index in [1.165, 1.54) is 0 Å². The molecule has 3 aromatic carbocycles. The average Bonchev–Trinajstić information content (AvgIpc) is 2.76. The summed E-state index contributed by atoms with van der Waals surface area (Å²) in [4.78, 5) is 12.9. The Balaban J connectivity index is 1.90. The third-order valence-corrected chi connectivity index (χ3v) is 4.17. The molecule has 0 aromatic heterocycles. The average molecular weight is 369 g/mol. The quantitative estimate of drug-likeness (QED) is 0.354. The maximum absolute atomic E-state index is 12.9. The van der Waals surface area contributed by atoms with Gasteiger partial charge in [0, 0.05) is 5.56 Å². The summed E-state index contributed by atoms with van der Waals surface area (Å²) in [5.41, 5.74) is 3.26. The molecular formula is C24H19NO3. The van der Waals surface area contributed by atoms with Crippen LogP contribution in [0.25, 0.3) is 11.6 Å². The van der Waals surface area contributed by atoms with Gasteiger partial charge in [-0.1, -0.05) is 60.7 Å². The van der Waals surface area contributed by atoms with Crippen LogP contribution in [0.4, 0.5) is 0 Å². The van der Waals surface area contributed by atoms with Crippen LogP contribution in [-0.2, 0) is 16.1 Å². The fourth-order valence-corrected chi connectivity index (χ4v) is 2.78. The van der Waals surface area contributed by atoms with Crippen LogP contribution in [0, 0.1) is 11.3 Å². The number of methoxy groups -OCH3 is 1. The van der Waals surface area contributed by atoms with Gasteiger partial charge in [-0.25, -0.2) is 4.79 Å². The Morgan fingerprint density at radius 1 is 1.00 bits per heavy atom. The first kappa shape index (κ1) is 18.9. The molecule has 0 aliphatic rings. The van der Waals surface area contributed by atoms with Gasteiger partial charge in [-0.2, -0.15) is 5.26 Å². The summed E-state index contributed by atoms with van der Waals surface area (Å²) in [6.07, 6.45) is 1.77. The van der Waals surface area contributed by atoms with Crippen molar-refractivity contribution in [1.82, 2.24) is 0 Å². The zero-order valence-electron chi connectivity index (χ0n) is 15.5. The number of carbonyl (C=O) groups is 1. The predicted molar refractivity (Wildman–Crippen MR) is 108 cm³/mol. The summed E-state index contributed by atoms with van der Waals surface area (Å²) < 4.78 is 10.9. The van der Waals surface area contributed by atoms with Crippen molar-refractivity contribution in [2.24, 2.45) is 0 Å². The number of nitriles is 1. The van der Waals surface area contributed by atoms with Gasteiger partial charge in [0.05, 0.1) is 24.3 Å². The maximum atomic E-state index is 12.9. The molecule has 4 heteroatoms. The first-order valence-electron chi connectivity index (χ1n) is 8.77. The standard InChI is InChI=1S/C24H19NO3/c1-27-23-13-6-5-12-21(23)15-22(20-10-3-2-4-11-20)24(26)28-17-19-9-7-8-18(14-19)16-25/h2-15H,17H2,1H3/b22-15+. The molecule has 3 aromatic rings. The van der Waals surface area contributed by atoms with Crippen molar-refractivity contribution >= 4 is 17.6 Å². The van der Waals surface area contributed by atoms with Crippen molar-refractivity contribution in [1.29, 1.82) is 5.26 Å². The zero-order valence-corrected chi connectivity index (χ0v) is 15.5. The fraction of sp³-hybridized carbons (Fsp3) is 0.0833. The van der Waals surface area contributed by atoms with E-state index in [9.17, 15) is 4.79 Å². The lowest BCUT2D eigenvalue weighted by atomic mass is 10.0. The number of hydrogen-bond donors (Lipinski definition) is 0. The molecule has 0 saturated heterocycles. The Morgan fingerprint density at radius 2 is 1.75 bits per heavy atom. The van der Waals surface area contributed by atoms with E-state index in [1.807, 2.05) is 60.7 Å². The van der Waals surface area contributed by atoms with E-state index in [0.29, 0.717) is 16.9 Å². The second-order valence-corrected chi connectivity index (χ2v) is 6.05. The molecule has 0 aliphatic heterocycles. The van der Waals surface area contributed by atoms with Gasteiger partial charge in [0.2, 0.25) is 0 Å². The number of benzene rings is 3. The van der Waals surface area contributed by atoms with Gasteiger partial charge in [-0.3, -0.25) is 0 Å². The van der Waals surface area contributed by atoms with E-state index in [-0.39, 0.29) is 6.61 Å². The number of hydrogen-bond acceptors (Lipinski definition) is 4. The van der Waals surface area contributed by atoms with Crippen LogP contribution in [0.3, 0.4) is 0 Å². The predicted octanol–water partition coefficient (Wildman–Crippen LogP) is 4.85. The van der Waals surface area contributed by atoms with Crippen molar-refractivity contribution in [3.05, 3.63) is 101 Å². The Morgan fingerprint density at radius 3 is 2.50 bits per heavy atom. The molecule has 0 aliphatic carbocycles. The highest BCUT2D eigenvalue weighted by molar-refractivity contribution is 6.21. The summed E-state index contributed by atoms with van der Waals surface area (Å²) in [5.74, 6) is 0.227. The highest BCUT2D eigenvalue weighted by Gasteiger charge is 2.15. The molecule has 0 atom stereocenters. The molecule has 4 nitrogen and oxygen atoms in total. The largest absolute Gasteiger partial charge is 0.496 e. The summed E-state index contributed by atoms with van der Waals surface area (Å²) in [6, 6.07) is 25.9. The minimum absolute atomic E-state index is 0.0877. The van der Waals surface area contributed by atoms with Gasteiger partial charge in [-0.15, -0.1) is 0 Å². The Labute approximate surface area is 164 Å². The topological polar surface area (TPSA) is 59.3 Å². The van der Waals surface area contributed by atoms with Crippen LogP contribution in [0.15, 0.2) is 78.9 Å². The van der Waals surface area contributed by atoms with Gasteiger partial charge >= 0.3 is 5.97 Å². The monoisotopic (exact) mass is 369 g/mol. The molecule has 0 saturated carbocycles. The molecule has 0 spiro atoms. The molecular weight excluding hydrogens is 350 g/mol. The van der Waals surface area contributed by atoms with Crippen molar-refractivity contribution in [3.8, 4) is 11.8 Å². The zero-order chi connectivity index (χ0) is 19.8. The van der Waals surface area contributed by atoms with Gasteiger partial charge in [-0.05, 0) is 35.4 Å². The molecule has 0 radical (unpaired) electrons. The minimum atomic E-state index is -0.445. The Bertz CT molecular complexity index is 1030. The lowest BCUT2D eigenvalue weighted by Crippen LogP contribution is -2.07. The number of nitrogens with zero attached hydrogens (tertiary/aromatic N) is 1. The number of ether oxygens (including phenoxy) is 2. The number of para-hydroxylation sites is 1. The molecule has 3 rings (SSSR count). The van der Waals surface area contributed by atoms with Crippen molar-refractivity contribution in [2.45, 2.75) is 6.61 Å². The van der Waals surface area contributed by atoms with Gasteiger partial charge in [0.25, 0.3) is 0 Å². The van der Waals surface area contributed by atoms with Crippen LogP contribution in [-0.4, -0.2) is 13.1 Å². The van der Waals surface area contributed by atoms with E-state index >= 15 is 0 Å². The lowest BCUT2D eigenvalue weighted by molar-refractivity contribution is -0.137. The van der Waals surface area contributed by atoms with Crippen LogP contribution in [0.1, 0.15) is 22.3 Å². The number of carbonyl (C=O) groups excluding carboxylic acids is 1. The third-order valence-electron chi connectivity index (χ3n) is 4.17. The van der Waals surface area contributed by atoms with Gasteiger partial charge in [0.1, 0.15) is 12.4 Å². The van der Waals surface area contributed by atoms with Crippen molar-refractivity contribution < 1.29 is 14.3 Å². The molecule has 0 unspecified atom stereocenters. The first-order chi connectivity index (χ1) is 13.7. The molecule has 0 heterocycles. The third kappa shape index (κ3) is 4.66. The van der Waals surface area contributed by atoms with Crippen molar-refractivity contribution in [2.75, 3.05) is 7.11 Å². The van der Waals surface area contributed by atoms with Crippen molar-refractivity contribution in [3.63, 3.8) is 0 Å². The summed E-state index contributed by atoms with van der Waals surface area (Å²) in [7, 11) is 1.59. The Kier molecular flexibility index (Phi) is 6.22. The van der Waals surface area contributed by atoms with E-state index in [2.05, 4.69) is 6.07 Å². The van der Waals surface area contributed by atoms with Gasteiger partial charge in [0.15, 0.2) is 0 Å². The van der Waals surface area contributed by atoms with Gasteiger partial charge < -0.3 is 9.47 Å². The maximum Gasteiger partial charge on any atom is 0.339 e. The SMILES string of the molecule is COc1ccccc1/C=C(/C(=O)OCc1cccc(C#N)c1)c1ccccc1. The van der Waals surface area contributed by atoms with E-state index in [1.54, 1.807) is 31.4 Å². The van der Waals surface area contributed by atoms with Crippen LogP contribution >= 0.6 is 0 Å². The molecule has 0 N–H and O–H groups in total. The van der Waals surface area contributed by atoms with E-state index in [4.69, 9.17) is 14.7 Å².